The van der Waals surface area contributed by atoms with Gasteiger partial charge in [-0.15, -0.1) is 10.2 Å². The molecule has 1 unspecified atom stereocenters. The van der Waals surface area contributed by atoms with Gasteiger partial charge in [0.1, 0.15) is 30.1 Å². The monoisotopic (exact) mass is 950 g/mol. The van der Waals surface area contributed by atoms with Gasteiger partial charge in [0.05, 0.1) is 24.4 Å². The molecule has 5 aliphatic rings. The summed E-state index contributed by atoms with van der Waals surface area (Å²) in [7, 11) is 4.62. The molecule has 4 fully saturated rings. The second kappa shape index (κ2) is 23.6. The van der Waals surface area contributed by atoms with Crippen LogP contribution in [-0.4, -0.2) is 141 Å². The predicted molar refractivity (Wildman–Crippen MR) is 249 cm³/mol. The number of methoxy groups -OCH3 is 3. The van der Waals surface area contributed by atoms with Crippen LogP contribution in [0.25, 0.3) is 0 Å². The minimum atomic E-state index is -2.44. The molecule has 5 heterocycles. The second-order valence-corrected chi connectivity index (χ2v) is 20.3. The number of carbonyl (C=O) groups is 5. The topological polar surface area (TPSA) is 219 Å². The van der Waals surface area contributed by atoms with Crippen LogP contribution in [0.15, 0.2) is 53.9 Å². The van der Waals surface area contributed by atoms with Crippen LogP contribution in [0.2, 0.25) is 0 Å². The number of tetrazole rings is 1. The average Bonchev–Trinajstić information content (AvgIpc) is 3.87. The fourth-order valence-electron chi connectivity index (χ4n) is 11.5. The van der Waals surface area contributed by atoms with Crippen molar-refractivity contribution in [3.05, 3.63) is 53.9 Å². The molecule has 17 nitrogen and oxygen atoms in total. The Morgan fingerprint density at radius 2 is 1.65 bits per heavy atom. The van der Waals surface area contributed by atoms with Crippen molar-refractivity contribution in [3.63, 3.8) is 0 Å². The predicted octanol–water partition coefficient (Wildman–Crippen LogP) is 5.27. The zero-order chi connectivity index (χ0) is 49.4. The molecule has 0 radical (unpaired) electrons. The number of hydrogen-bond acceptors (Lipinski definition) is 15. The van der Waals surface area contributed by atoms with E-state index in [9.17, 15) is 34.2 Å². The summed E-state index contributed by atoms with van der Waals surface area (Å²) in [6.07, 6.45) is 13.3. The van der Waals surface area contributed by atoms with Gasteiger partial charge in [-0.1, -0.05) is 64.2 Å². The van der Waals surface area contributed by atoms with Crippen molar-refractivity contribution in [3.8, 4) is 0 Å². The smallest absolute Gasteiger partial charge is 0.329 e. The maximum absolute atomic E-state index is 14.6. The van der Waals surface area contributed by atoms with Crippen LogP contribution in [0.1, 0.15) is 118 Å². The van der Waals surface area contributed by atoms with E-state index in [1.807, 2.05) is 51.2 Å². The summed E-state index contributed by atoms with van der Waals surface area (Å²) in [5.74, 6) is -8.41. The molecule has 17 heteroatoms. The first-order valence-electron chi connectivity index (χ1n) is 24.6. The zero-order valence-electron chi connectivity index (χ0n) is 41.4. The Balaban J connectivity index is 1.34. The van der Waals surface area contributed by atoms with Gasteiger partial charge < -0.3 is 38.8 Å². The van der Waals surface area contributed by atoms with Crippen molar-refractivity contribution >= 4 is 29.2 Å². The molecule has 16 atom stereocenters. The first-order chi connectivity index (χ1) is 32.4. The number of ketones is 3. The molecule has 3 saturated heterocycles. The van der Waals surface area contributed by atoms with Gasteiger partial charge in [0, 0.05) is 64.4 Å². The van der Waals surface area contributed by atoms with E-state index < -0.39 is 89.6 Å². The highest BCUT2D eigenvalue weighted by Gasteiger charge is 2.57. The third-order valence-corrected chi connectivity index (χ3v) is 15.6. The molecule has 1 aromatic rings. The van der Waals surface area contributed by atoms with Crippen LogP contribution in [-0.2, 0) is 47.7 Å². The molecule has 6 rings (SSSR count). The largest absolute Gasteiger partial charge is 0.460 e. The zero-order valence-corrected chi connectivity index (χ0v) is 41.4. The summed E-state index contributed by atoms with van der Waals surface area (Å²) >= 11 is 0. The van der Waals surface area contributed by atoms with Crippen molar-refractivity contribution in [2.45, 2.75) is 167 Å². The quantitative estimate of drug-likeness (QED) is 0.211. The fraction of sp³-hybridized carbons (Fsp3) is 0.725. The number of aromatic nitrogens is 4. The summed E-state index contributed by atoms with van der Waals surface area (Å²) in [5.41, 5.74) is 1.28. The molecule has 4 aliphatic heterocycles. The van der Waals surface area contributed by atoms with Crippen LogP contribution in [0.3, 0.4) is 0 Å². The number of esters is 1. The molecule has 0 spiro atoms. The Hall–Kier alpha value is -4.26. The third-order valence-electron chi connectivity index (χ3n) is 15.6. The van der Waals surface area contributed by atoms with Gasteiger partial charge in [-0.05, 0) is 106 Å². The number of amides is 1. The minimum Gasteiger partial charge on any atom is -0.460 e. The second-order valence-electron chi connectivity index (χ2n) is 20.3. The van der Waals surface area contributed by atoms with E-state index in [4.69, 9.17) is 23.7 Å². The Labute approximate surface area is 401 Å². The van der Waals surface area contributed by atoms with E-state index in [0.717, 1.165) is 12.0 Å². The summed E-state index contributed by atoms with van der Waals surface area (Å²) < 4.78 is 29.9. The van der Waals surface area contributed by atoms with Gasteiger partial charge in [0.2, 0.25) is 5.79 Å². The van der Waals surface area contributed by atoms with E-state index in [2.05, 4.69) is 15.4 Å². The van der Waals surface area contributed by atoms with Gasteiger partial charge in [-0.3, -0.25) is 19.2 Å². The number of ether oxygens (including phenoxy) is 5. The van der Waals surface area contributed by atoms with Crippen molar-refractivity contribution in [1.82, 2.24) is 25.1 Å². The number of hydrogen-bond donors (Lipinski definition) is 2. The van der Waals surface area contributed by atoms with Gasteiger partial charge in [-0.2, -0.15) is 4.80 Å². The number of aliphatic hydroxyl groups excluding tert-OH is 1. The van der Waals surface area contributed by atoms with E-state index in [0.29, 0.717) is 63.4 Å². The Kier molecular flexibility index (Phi) is 18.4. The lowest BCUT2D eigenvalue weighted by Crippen LogP contribution is -2.65. The Morgan fingerprint density at radius 3 is 2.34 bits per heavy atom. The molecule has 1 aromatic heterocycles. The fourth-order valence-corrected chi connectivity index (χ4v) is 11.5. The maximum Gasteiger partial charge on any atom is 0.329 e. The summed E-state index contributed by atoms with van der Waals surface area (Å²) in [6, 6.07) is -1.26. The van der Waals surface area contributed by atoms with Crippen molar-refractivity contribution in [2.24, 2.45) is 41.4 Å². The normalized spacial score (nSPS) is 41.3. The van der Waals surface area contributed by atoms with Crippen molar-refractivity contribution in [2.75, 3.05) is 27.9 Å². The van der Waals surface area contributed by atoms with Crippen LogP contribution in [0.4, 0.5) is 0 Å². The molecule has 6 bridgehead atoms. The number of carbonyl (C=O) groups excluding carboxylic acids is 5. The molecule has 68 heavy (non-hydrogen) atoms. The van der Waals surface area contributed by atoms with Gasteiger partial charge in [0.25, 0.3) is 11.7 Å². The first kappa shape index (κ1) is 53.1. The number of nitrogens with zero attached hydrogens (tertiary/aromatic N) is 5. The Morgan fingerprint density at radius 1 is 0.882 bits per heavy atom. The summed E-state index contributed by atoms with van der Waals surface area (Å²) in [6.45, 7) is 10.9. The number of piperidine rings is 1. The van der Waals surface area contributed by atoms with Crippen LogP contribution in [0, 0.1) is 41.4 Å². The molecule has 376 valence electrons. The lowest BCUT2D eigenvalue weighted by atomic mass is 9.67. The number of aliphatic hydroxyl groups is 2. The maximum atomic E-state index is 14.6. The first-order valence-corrected chi connectivity index (χ1v) is 24.6. The highest BCUT2D eigenvalue weighted by atomic mass is 16.6. The molecular weight excluding hydrogens is 875 g/mol. The highest BCUT2D eigenvalue weighted by Crippen LogP contribution is 2.46. The molecule has 0 aromatic carbocycles. The van der Waals surface area contributed by atoms with E-state index in [1.165, 1.54) is 18.3 Å². The average molecular weight is 950 g/mol. The number of rotatable bonds is 6. The van der Waals surface area contributed by atoms with Crippen LogP contribution >= 0.6 is 0 Å². The lowest BCUT2D eigenvalue weighted by molar-refractivity contribution is -0.266. The van der Waals surface area contributed by atoms with Crippen LogP contribution in [0.5, 0.6) is 0 Å². The van der Waals surface area contributed by atoms with Crippen molar-refractivity contribution in [1.29, 1.82) is 0 Å². The lowest BCUT2D eigenvalue weighted by Gasteiger charge is -2.50. The van der Waals surface area contributed by atoms with E-state index >= 15 is 0 Å². The standard InChI is InChI=1S/C51H75N5O12/c1-29-14-11-10-12-15-30(2)41(64-7)26-36-19-17-34(6)51(63,68-36)48(60)49(61)55-21-13-16-37-38(24-35-18-20-39(43(25-35)65-8)56-53-28-52-54-56)42(67-50(62)44(37)55)27-40(57)31(3)23-33(5)46(59)47(66-9)45(58)32(4)22-29/h10-12,14-15,23,28-29,31-32,34-39,41-44,46-47,59,63H,13,16-22,24-27H2,1-9H3/b12-10+,14-11+,30-15+,33-23+/t29-,31-,32-,34-,35+,36+,37?,38+,39-,41+,42+,43-,44+,46-,47+,51-/m1/s1. The number of Topliss-reactive ketones (excluding diaryl/α,β-unsaturated/α-hetero) is 3. The number of fused-ring (bicyclic) bond motifs is 3. The molecule has 1 saturated carbocycles. The molecular formula is C51H75N5O12. The van der Waals surface area contributed by atoms with E-state index in [-0.39, 0.29) is 48.5 Å². The summed E-state index contributed by atoms with van der Waals surface area (Å²) in [4.78, 5) is 74.2. The Bertz CT molecular complexity index is 2050. The van der Waals surface area contributed by atoms with Gasteiger partial charge in [0.15, 0.2) is 12.1 Å². The van der Waals surface area contributed by atoms with Crippen molar-refractivity contribution < 1.29 is 57.9 Å². The SMILES string of the molecule is CO[C@H]1C[C@@H]2CC[C@@H](C)[C@@](O)(O2)C(=O)C(=O)N2CCCC3[C@H]2C(=O)O[C@@H](CC(=O)[C@H](C)/C=C(\C)[C@@H](O)[C@@H](OC)C(=O)[C@H](C)C[C@H](C)/C=C/C=C/C=C/1C)[C@H]3C[C@@H]1CC[C@@H](n2ncnn2)[C@H](OC)C1. The summed E-state index contributed by atoms with van der Waals surface area (Å²) in [5, 5.41) is 35.9. The molecule has 1 amide bonds. The van der Waals surface area contributed by atoms with Crippen LogP contribution < -0.4 is 0 Å². The van der Waals surface area contributed by atoms with E-state index in [1.54, 1.807) is 45.9 Å². The number of allylic oxidation sites excluding steroid dienone is 6. The highest BCUT2D eigenvalue weighted by molar-refractivity contribution is 6.39. The van der Waals surface area contributed by atoms with Gasteiger partial charge >= 0.3 is 5.97 Å². The third kappa shape index (κ3) is 12.0. The molecule has 2 N–H and O–H groups in total. The van der Waals surface area contributed by atoms with Gasteiger partial charge in [-0.25, -0.2) is 4.79 Å². The molecule has 1 aliphatic carbocycles. The minimum absolute atomic E-state index is 0.0206.